The van der Waals surface area contributed by atoms with E-state index in [0.29, 0.717) is 10.6 Å². The quantitative estimate of drug-likeness (QED) is 0.484. The van der Waals surface area contributed by atoms with E-state index < -0.39 is 0 Å². The maximum atomic E-state index is 5.36. The Morgan fingerprint density at radius 3 is 1.86 bits per heavy atom. The zero-order valence-corrected chi connectivity index (χ0v) is 4.83. The molecule has 0 nitrogen and oxygen atoms in total. The maximum Gasteiger partial charge on any atom is 0.0400 e. The van der Waals surface area contributed by atoms with Crippen LogP contribution in [0.4, 0.5) is 0 Å². The Hall–Kier alpha value is -0.490. The van der Waals surface area contributed by atoms with Gasteiger partial charge in [-0.1, -0.05) is 37.4 Å². The normalized spacial score (nSPS) is 7.57. The fraction of sp³-hybridized carbons (Fsp3) is 0. The topological polar surface area (TPSA) is 0 Å². The molecule has 0 spiro atoms. The van der Waals surface area contributed by atoms with Crippen LogP contribution in [0.3, 0.4) is 0 Å². The van der Waals surface area contributed by atoms with Crippen LogP contribution in [0.25, 0.3) is 0 Å². The van der Waals surface area contributed by atoms with Crippen molar-refractivity contribution in [3.05, 3.63) is 36.4 Å². The molecular weight excluding hydrogens is 108 g/mol. The third kappa shape index (κ3) is 2.24. The summed E-state index contributed by atoms with van der Waals surface area (Å²) >= 11 is 5.36. The van der Waals surface area contributed by atoms with E-state index in [-0.39, 0.29) is 0 Å². The van der Waals surface area contributed by atoms with Crippen LogP contribution < -0.4 is 0 Å². The van der Waals surface area contributed by atoms with Crippen molar-refractivity contribution in [2.45, 2.75) is 0 Å². The van der Waals surface area contributed by atoms with Gasteiger partial charge in [-0.05, 0) is 5.57 Å². The molecule has 1 heteroatoms. The smallest absolute Gasteiger partial charge is 0.0400 e. The summed E-state index contributed by atoms with van der Waals surface area (Å²) in [6.07, 6.45) is 1.56. The van der Waals surface area contributed by atoms with Crippen LogP contribution in [0.5, 0.6) is 0 Å². The minimum absolute atomic E-state index is 0.454. The molecule has 0 rings (SSSR count). The van der Waals surface area contributed by atoms with Crippen molar-refractivity contribution in [3.63, 3.8) is 0 Å². The van der Waals surface area contributed by atoms with Gasteiger partial charge in [0, 0.05) is 5.03 Å². The molecule has 38 valence electrons. The van der Waals surface area contributed by atoms with Crippen molar-refractivity contribution in [2.75, 3.05) is 0 Å². The molecule has 0 amide bonds. The molecule has 0 saturated carbocycles. The zero-order chi connectivity index (χ0) is 5.86. The maximum absolute atomic E-state index is 5.36. The lowest BCUT2D eigenvalue weighted by Gasteiger charge is -1.87. The molecule has 0 unspecified atom stereocenters. The zero-order valence-electron chi connectivity index (χ0n) is 4.08. The van der Waals surface area contributed by atoms with Gasteiger partial charge in [-0.2, -0.15) is 0 Å². The molecule has 0 aromatic carbocycles. The summed E-state index contributed by atoms with van der Waals surface area (Å²) in [6, 6.07) is 0. The van der Waals surface area contributed by atoms with Crippen molar-refractivity contribution in [3.8, 4) is 0 Å². The SMILES string of the molecule is C=CC(=C)C(=C)Cl. The molecule has 0 aliphatic carbocycles. The summed E-state index contributed by atoms with van der Waals surface area (Å²) in [6.45, 7) is 10.4. The molecule has 0 radical (unpaired) electrons. The lowest BCUT2D eigenvalue weighted by atomic mass is 10.3. The summed E-state index contributed by atoms with van der Waals surface area (Å²) in [5.74, 6) is 0. The Balaban J connectivity index is 3.81. The summed E-state index contributed by atoms with van der Waals surface area (Å²) in [4.78, 5) is 0. The number of halogens is 1. The predicted molar refractivity (Wildman–Crippen MR) is 34.3 cm³/mol. The minimum atomic E-state index is 0.454. The third-order valence-electron chi connectivity index (χ3n) is 0.595. The van der Waals surface area contributed by atoms with Gasteiger partial charge in [-0.15, -0.1) is 0 Å². The van der Waals surface area contributed by atoms with Crippen molar-refractivity contribution >= 4 is 11.6 Å². The van der Waals surface area contributed by atoms with E-state index in [1.165, 1.54) is 0 Å². The van der Waals surface area contributed by atoms with Crippen LogP contribution in [0, 0.1) is 0 Å². The molecule has 0 aliphatic rings. The van der Waals surface area contributed by atoms with Gasteiger partial charge in [0.1, 0.15) is 0 Å². The second kappa shape index (κ2) is 2.64. The predicted octanol–water partition coefficient (Wildman–Crippen LogP) is 2.48. The third-order valence-corrected chi connectivity index (χ3v) is 0.838. The molecule has 0 aromatic heterocycles. The summed E-state index contributed by atoms with van der Waals surface area (Å²) in [5.41, 5.74) is 0.682. The highest BCUT2D eigenvalue weighted by Crippen LogP contribution is 2.08. The molecule has 0 fully saturated rings. The molecular formula is C6H7Cl. The van der Waals surface area contributed by atoms with Crippen LogP contribution in [-0.2, 0) is 0 Å². The number of rotatable bonds is 2. The van der Waals surface area contributed by atoms with Gasteiger partial charge in [-0.3, -0.25) is 0 Å². The molecule has 0 aliphatic heterocycles. The van der Waals surface area contributed by atoms with Gasteiger partial charge < -0.3 is 0 Å². The number of allylic oxidation sites excluding steroid dienone is 3. The lowest BCUT2D eigenvalue weighted by Crippen LogP contribution is -1.66. The van der Waals surface area contributed by atoms with Crippen LogP contribution in [0.15, 0.2) is 36.4 Å². The highest BCUT2D eigenvalue weighted by Gasteiger charge is 1.84. The lowest BCUT2D eigenvalue weighted by molar-refractivity contribution is 1.75. The number of hydrogen-bond acceptors (Lipinski definition) is 0. The number of hydrogen-bond donors (Lipinski definition) is 0. The highest BCUT2D eigenvalue weighted by molar-refractivity contribution is 6.31. The van der Waals surface area contributed by atoms with Gasteiger partial charge in [0.2, 0.25) is 0 Å². The van der Waals surface area contributed by atoms with E-state index in [4.69, 9.17) is 11.6 Å². The Bertz CT molecular complexity index is 111. The van der Waals surface area contributed by atoms with Gasteiger partial charge in [-0.25, -0.2) is 0 Å². The van der Waals surface area contributed by atoms with Crippen molar-refractivity contribution < 1.29 is 0 Å². The fourth-order valence-electron chi connectivity index (χ4n) is 0.111. The Morgan fingerprint density at radius 1 is 1.43 bits per heavy atom. The largest absolute Gasteiger partial charge is 0.0984 e. The first kappa shape index (κ1) is 6.51. The van der Waals surface area contributed by atoms with Crippen molar-refractivity contribution in [1.82, 2.24) is 0 Å². The first-order valence-corrected chi connectivity index (χ1v) is 2.22. The summed E-state index contributed by atoms with van der Waals surface area (Å²) < 4.78 is 0. The van der Waals surface area contributed by atoms with Gasteiger partial charge in [0.05, 0.1) is 0 Å². The highest BCUT2D eigenvalue weighted by atomic mass is 35.5. The average molecular weight is 115 g/mol. The van der Waals surface area contributed by atoms with Crippen molar-refractivity contribution in [1.29, 1.82) is 0 Å². The molecule has 0 atom stereocenters. The van der Waals surface area contributed by atoms with Crippen LogP contribution in [-0.4, -0.2) is 0 Å². The molecule has 0 N–H and O–H groups in total. The van der Waals surface area contributed by atoms with E-state index in [0.717, 1.165) is 0 Å². The van der Waals surface area contributed by atoms with E-state index in [2.05, 4.69) is 19.7 Å². The van der Waals surface area contributed by atoms with E-state index in [9.17, 15) is 0 Å². The van der Waals surface area contributed by atoms with Crippen LogP contribution in [0.2, 0.25) is 0 Å². The summed E-state index contributed by atoms with van der Waals surface area (Å²) in [5, 5.41) is 0.454. The van der Waals surface area contributed by atoms with Crippen LogP contribution in [0.1, 0.15) is 0 Å². The Morgan fingerprint density at radius 2 is 1.86 bits per heavy atom. The first-order chi connectivity index (χ1) is 3.18. The molecule has 0 saturated heterocycles. The molecule has 7 heavy (non-hydrogen) atoms. The van der Waals surface area contributed by atoms with Gasteiger partial charge in [0.25, 0.3) is 0 Å². The fourth-order valence-corrected chi connectivity index (χ4v) is 0.188. The van der Waals surface area contributed by atoms with E-state index in [1.54, 1.807) is 6.08 Å². The van der Waals surface area contributed by atoms with Gasteiger partial charge >= 0.3 is 0 Å². The Kier molecular flexibility index (Phi) is 2.46. The average Bonchev–Trinajstić information content (AvgIpc) is 1.65. The Labute approximate surface area is 48.8 Å². The monoisotopic (exact) mass is 114 g/mol. The van der Waals surface area contributed by atoms with E-state index >= 15 is 0 Å². The van der Waals surface area contributed by atoms with E-state index in [1.807, 2.05) is 0 Å². The van der Waals surface area contributed by atoms with Crippen LogP contribution >= 0.6 is 11.6 Å². The standard InChI is InChI=1S/C6H7Cl/c1-4-5(2)6(3)7/h4H,1-3H2. The summed E-state index contributed by atoms with van der Waals surface area (Å²) in [7, 11) is 0. The van der Waals surface area contributed by atoms with Gasteiger partial charge in [0.15, 0.2) is 0 Å². The minimum Gasteiger partial charge on any atom is -0.0984 e. The van der Waals surface area contributed by atoms with Crippen molar-refractivity contribution in [2.24, 2.45) is 0 Å². The molecule has 0 heterocycles. The molecule has 0 bridgehead atoms. The first-order valence-electron chi connectivity index (χ1n) is 1.84. The second-order valence-corrected chi connectivity index (χ2v) is 1.59. The second-order valence-electron chi connectivity index (χ2n) is 1.13. The molecule has 0 aromatic rings.